The lowest BCUT2D eigenvalue weighted by Crippen LogP contribution is -2.51. The molecule has 0 spiro atoms. The van der Waals surface area contributed by atoms with E-state index in [0.717, 1.165) is 0 Å². The van der Waals surface area contributed by atoms with Crippen molar-refractivity contribution in [1.29, 1.82) is 0 Å². The van der Waals surface area contributed by atoms with Crippen molar-refractivity contribution in [3.8, 4) is 0 Å². The molecule has 0 radical (unpaired) electrons. The Kier molecular flexibility index (Phi) is 6.84. The fourth-order valence-electron chi connectivity index (χ4n) is 3.90. The Balaban J connectivity index is 2.02. The first-order valence-corrected chi connectivity index (χ1v) is 9.88. The van der Waals surface area contributed by atoms with E-state index in [1.54, 1.807) is 30.2 Å². The molecule has 1 fully saturated rings. The van der Waals surface area contributed by atoms with Gasteiger partial charge in [-0.3, -0.25) is 19.4 Å². The summed E-state index contributed by atoms with van der Waals surface area (Å²) in [6.45, 7) is 8.72. The number of aliphatic hydroxyl groups excluding tert-OH is 1. The Bertz CT molecular complexity index is 956. The molecule has 1 aromatic carbocycles. The molecule has 164 valence electrons. The van der Waals surface area contributed by atoms with E-state index in [1.807, 2.05) is 4.90 Å². The van der Waals surface area contributed by atoms with Crippen molar-refractivity contribution in [2.45, 2.75) is 12.3 Å². The third-order valence-corrected chi connectivity index (χ3v) is 5.55. The van der Waals surface area contributed by atoms with E-state index < -0.39 is 30.0 Å². The minimum absolute atomic E-state index is 0.157. The van der Waals surface area contributed by atoms with E-state index in [-0.39, 0.29) is 12.5 Å². The third kappa shape index (κ3) is 4.51. The van der Waals surface area contributed by atoms with Gasteiger partial charge in [-0.1, -0.05) is 37.4 Å². The van der Waals surface area contributed by atoms with Crippen LogP contribution in [0.25, 0.3) is 0 Å². The molecule has 0 saturated carbocycles. The van der Waals surface area contributed by atoms with Crippen molar-refractivity contribution >= 4 is 11.8 Å². The summed E-state index contributed by atoms with van der Waals surface area (Å²) in [5, 5.41) is 19.2. The van der Waals surface area contributed by atoms with Crippen molar-refractivity contribution in [2.75, 3.05) is 26.7 Å². The lowest BCUT2D eigenvalue weighted by atomic mass is 10.00. The number of likely N-dealkylation sites (N-methyl/N-ethyl adjacent to an activating group) is 1. The number of allylic oxidation sites excluding steroid dienone is 1. The van der Waals surface area contributed by atoms with E-state index >= 15 is 0 Å². The molecular weight excluding hydrogens is 401 g/mol. The van der Waals surface area contributed by atoms with E-state index in [0.29, 0.717) is 29.9 Å². The van der Waals surface area contributed by atoms with Crippen LogP contribution in [0.5, 0.6) is 0 Å². The largest absolute Gasteiger partial charge is 0.367 e. The number of hydrogen-bond acceptors (Lipinski definition) is 5. The zero-order chi connectivity index (χ0) is 22.7. The highest BCUT2D eigenvalue weighted by molar-refractivity contribution is 5.85. The third-order valence-electron chi connectivity index (χ3n) is 5.55. The fourth-order valence-corrected chi connectivity index (χ4v) is 3.90. The molecule has 1 aromatic rings. The second-order valence-corrected chi connectivity index (χ2v) is 7.49. The number of rotatable bonds is 6. The maximum absolute atomic E-state index is 13.9. The average molecular weight is 427 g/mol. The lowest BCUT2D eigenvalue weighted by Gasteiger charge is -2.40. The van der Waals surface area contributed by atoms with Gasteiger partial charge in [-0.2, -0.15) is 0 Å². The van der Waals surface area contributed by atoms with Crippen LogP contribution in [0.4, 0.5) is 4.39 Å². The number of aliphatic hydroxyl groups is 2. The van der Waals surface area contributed by atoms with Crippen LogP contribution in [0.3, 0.4) is 0 Å². The monoisotopic (exact) mass is 427 g/mol. The van der Waals surface area contributed by atoms with Crippen LogP contribution in [-0.4, -0.2) is 69.7 Å². The highest BCUT2D eigenvalue weighted by atomic mass is 19.1. The molecule has 8 heteroatoms. The van der Waals surface area contributed by atoms with E-state index in [2.05, 4.69) is 13.2 Å². The van der Waals surface area contributed by atoms with E-state index in [1.165, 1.54) is 35.4 Å². The lowest BCUT2D eigenvalue weighted by molar-refractivity contribution is -0.143. The topological polar surface area (TPSA) is 84.3 Å². The summed E-state index contributed by atoms with van der Waals surface area (Å²) >= 11 is 0. The first kappa shape index (κ1) is 22.6. The summed E-state index contributed by atoms with van der Waals surface area (Å²) < 4.78 is 13.9. The second-order valence-electron chi connectivity index (χ2n) is 7.49. The standard InChI is InChI=1S/C23H26FN3O4/c1-4-19-16(9-10-18(23(30)31)21(28)27(19)5-2)14-26-12-11-25(3)22(29)20(26)15-7-6-8-17(24)13-15/h4-10,13,18,20,23,30-31H,1-2,11-12,14H2,3H3. The van der Waals surface area contributed by atoms with Crippen LogP contribution in [0, 0.1) is 11.7 Å². The number of amides is 2. The number of carbonyl (C=O) groups is 2. The summed E-state index contributed by atoms with van der Waals surface area (Å²) in [7, 11) is 1.71. The van der Waals surface area contributed by atoms with Gasteiger partial charge in [0.25, 0.3) is 0 Å². The van der Waals surface area contributed by atoms with Crippen molar-refractivity contribution in [1.82, 2.24) is 14.7 Å². The molecule has 2 aliphatic rings. The van der Waals surface area contributed by atoms with Crippen LogP contribution in [0.1, 0.15) is 11.6 Å². The molecule has 0 bridgehead atoms. The van der Waals surface area contributed by atoms with Crippen molar-refractivity contribution in [3.05, 3.63) is 84.5 Å². The Morgan fingerprint density at radius 1 is 1.23 bits per heavy atom. The number of benzene rings is 1. The molecule has 3 rings (SSSR count). The summed E-state index contributed by atoms with van der Waals surface area (Å²) in [6.07, 6.45) is 3.96. The Morgan fingerprint density at radius 3 is 2.58 bits per heavy atom. The molecule has 1 saturated heterocycles. The van der Waals surface area contributed by atoms with E-state index in [9.17, 15) is 24.2 Å². The van der Waals surface area contributed by atoms with Gasteiger partial charge in [0.05, 0.1) is 5.70 Å². The smallest absolute Gasteiger partial charge is 0.244 e. The molecule has 2 heterocycles. The van der Waals surface area contributed by atoms with Gasteiger partial charge in [-0.25, -0.2) is 4.39 Å². The van der Waals surface area contributed by atoms with Crippen LogP contribution >= 0.6 is 0 Å². The molecule has 31 heavy (non-hydrogen) atoms. The molecule has 2 unspecified atom stereocenters. The van der Waals surface area contributed by atoms with Crippen molar-refractivity contribution in [3.63, 3.8) is 0 Å². The van der Waals surface area contributed by atoms with E-state index in [4.69, 9.17) is 0 Å². The van der Waals surface area contributed by atoms with Gasteiger partial charge < -0.3 is 15.1 Å². The number of nitrogens with zero attached hydrogens (tertiary/aromatic N) is 3. The number of hydrogen-bond donors (Lipinski definition) is 2. The number of carbonyl (C=O) groups excluding carboxylic acids is 2. The zero-order valence-electron chi connectivity index (χ0n) is 17.3. The summed E-state index contributed by atoms with van der Waals surface area (Å²) in [4.78, 5) is 30.4. The van der Waals surface area contributed by atoms with Crippen molar-refractivity contribution in [2.24, 2.45) is 5.92 Å². The predicted molar refractivity (Wildman–Crippen MR) is 113 cm³/mol. The molecule has 2 atom stereocenters. The van der Waals surface area contributed by atoms with Gasteiger partial charge in [0.1, 0.15) is 17.8 Å². The number of piperazine rings is 1. The van der Waals surface area contributed by atoms with Gasteiger partial charge in [0, 0.05) is 32.9 Å². The molecule has 2 N–H and O–H groups in total. The number of halogens is 1. The van der Waals surface area contributed by atoms with Crippen molar-refractivity contribution < 1.29 is 24.2 Å². The van der Waals surface area contributed by atoms with Gasteiger partial charge in [-0.15, -0.1) is 0 Å². The maximum Gasteiger partial charge on any atom is 0.244 e. The summed E-state index contributed by atoms with van der Waals surface area (Å²) in [6, 6.07) is 5.25. The second kappa shape index (κ2) is 9.38. The minimum Gasteiger partial charge on any atom is -0.367 e. The Morgan fingerprint density at radius 2 is 1.97 bits per heavy atom. The molecule has 7 nitrogen and oxygen atoms in total. The highest BCUT2D eigenvalue weighted by Gasteiger charge is 2.36. The van der Waals surface area contributed by atoms with Crippen LogP contribution < -0.4 is 0 Å². The van der Waals surface area contributed by atoms with Crippen LogP contribution in [0.2, 0.25) is 0 Å². The SMILES string of the molecule is C=CC1=C(CN2CCN(C)C(=O)C2c2cccc(F)c2)C=CC(C(O)O)C(=O)N1C=C. The average Bonchev–Trinajstić information content (AvgIpc) is 2.86. The summed E-state index contributed by atoms with van der Waals surface area (Å²) in [5.41, 5.74) is 1.61. The molecule has 0 aliphatic carbocycles. The predicted octanol–water partition coefficient (Wildman–Crippen LogP) is 1.55. The zero-order valence-corrected chi connectivity index (χ0v) is 17.3. The Hall–Kier alpha value is -3.07. The van der Waals surface area contributed by atoms with Gasteiger partial charge >= 0.3 is 0 Å². The Labute approximate surface area is 180 Å². The summed E-state index contributed by atoms with van der Waals surface area (Å²) in [5.74, 6) is -2.31. The van der Waals surface area contributed by atoms with Crippen LogP contribution in [-0.2, 0) is 9.59 Å². The van der Waals surface area contributed by atoms with Gasteiger partial charge in [0.2, 0.25) is 11.8 Å². The quantitative estimate of drug-likeness (QED) is 0.673. The minimum atomic E-state index is -1.87. The molecule has 2 aliphatic heterocycles. The van der Waals surface area contributed by atoms with Crippen LogP contribution in [0.15, 0.2) is 73.1 Å². The normalized spacial score (nSPS) is 22.9. The van der Waals surface area contributed by atoms with Gasteiger partial charge in [0.15, 0.2) is 6.29 Å². The molecule has 2 amide bonds. The maximum atomic E-state index is 13.9. The first-order chi connectivity index (χ1) is 14.8. The first-order valence-electron chi connectivity index (χ1n) is 9.88. The molecular formula is C23H26FN3O4. The van der Waals surface area contributed by atoms with Gasteiger partial charge in [-0.05, 0) is 29.3 Å². The highest BCUT2D eigenvalue weighted by Crippen LogP contribution is 2.30. The molecule has 0 aromatic heterocycles. The fraction of sp³-hybridized carbons (Fsp3) is 0.304.